The SMILES string of the molecule is CCC(C(=O)O)[C@@H]1CO1. The summed E-state index contributed by atoms with van der Waals surface area (Å²) in [5.41, 5.74) is 0. The highest BCUT2D eigenvalue weighted by Gasteiger charge is 2.36. The molecular formula is C6H10O3. The molecule has 0 amide bonds. The minimum absolute atomic E-state index is 0.00694. The van der Waals surface area contributed by atoms with E-state index in [1.807, 2.05) is 6.92 Å². The van der Waals surface area contributed by atoms with E-state index in [1.165, 1.54) is 0 Å². The van der Waals surface area contributed by atoms with Crippen molar-refractivity contribution < 1.29 is 14.6 Å². The van der Waals surface area contributed by atoms with Crippen LogP contribution in [-0.4, -0.2) is 23.8 Å². The molecule has 1 N–H and O–H groups in total. The van der Waals surface area contributed by atoms with Gasteiger partial charge in [-0.15, -0.1) is 0 Å². The molecule has 1 aliphatic rings. The van der Waals surface area contributed by atoms with E-state index in [2.05, 4.69) is 0 Å². The zero-order valence-electron chi connectivity index (χ0n) is 5.33. The minimum Gasteiger partial charge on any atom is -0.481 e. The lowest BCUT2D eigenvalue weighted by molar-refractivity contribution is -0.142. The fourth-order valence-corrected chi connectivity index (χ4v) is 0.884. The molecule has 3 heteroatoms. The molecule has 0 aromatic carbocycles. The van der Waals surface area contributed by atoms with Crippen LogP contribution in [0.25, 0.3) is 0 Å². The van der Waals surface area contributed by atoms with Gasteiger partial charge < -0.3 is 9.84 Å². The fourth-order valence-electron chi connectivity index (χ4n) is 0.884. The predicted octanol–water partition coefficient (Wildman–Crippen LogP) is 0.496. The maximum Gasteiger partial charge on any atom is 0.309 e. The van der Waals surface area contributed by atoms with Crippen LogP contribution in [0.5, 0.6) is 0 Å². The van der Waals surface area contributed by atoms with Gasteiger partial charge in [0.15, 0.2) is 0 Å². The van der Waals surface area contributed by atoms with Crippen LogP contribution in [0.3, 0.4) is 0 Å². The van der Waals surface area contributed by atoms with Crippen molar-refractivity contribution >= 4 is 5.97 Å². The van der Waals surface area contributed by atoms with E-state index in [0.717, 1.165) is 0 Å². The van der Waals surface area contributed by atoms with Crippen LogP contribution < -0.4 is 0 Å². The number of epoxide rings is 1. The Morgan fingerprint density at radius 3 is 2.67 bits per heavy atom. The second-order valence-electron chi connectivity index (χ2n) is 2.22. The number of hydrogen-bond donors (Lipinski definition) is 1. The van der Waals surface area contributed by atoms with Crippen molar-refractivity contribution in [2.75, 3.05) is 6.61 Å². The van der Waals surface area contributed by atoms with Crippen LogP contribution in [0.1, 0.15) is 13.3 Å². The largest absolute Gasteiger partial charge is 0.481 e. The van der Waals surface area contributed by atoms with E-state index in [-0.39, 0.29) is 12.0 Å². The van der Waals surface area contributed by atoms with E-state index in [0.29, 0.717) is 13.0 Å². The molecule has 1 saturated heterocycles. The smallest absolute Gasteiger partial charge is 0.309 e. The van der Waals surface area contributed by atoms with Crippen LogP contribution >= 0.6 is 0 Å². The number of carbonyl (C=O) groups is 1. The van der Waals surface area contributed by atoms with Gasteiger partial charge >= 0.3 is 5.97 Å². The van der Waals surface area contributed by atoms with Gasteiger partial charge in [-0.05, 0) is 6.42 Å². The standard InChI is InChI=1S/C6H10O3/c1-2-4(6(7)8)5-3-9-5/h4-5H,2-3H2,1H3,(H,7,8)/t4?,5-/m0/s1. The molecule has 1 unspecified atom stereocenters. The Morgan fingerprint density at radius 2 is 2.56 bits per heavy atom. The molecule has 1 rings (SSSR count). The van der Waals surface area contributed by atoms with Crippen molar-refractivity contribution in [1.82, 2.24) is 0 Å². The van der Waals surface area contributed by atoms with Gasteiger partial charge in [0.2, 0.25) is 0 Å². The number of carboxylic acids is 1. The zero-order chi connectivity index (χ0) is 6.85. The van der Waals surface area contributed by atoms with E-state index in [4.69, 9.17) is 9.84 Å². The fraction of sp³-hybridized carbons (Fsp3) is 0.833. The van der Waals surface area contributed by atoms with Gasteiger partial charge in [-0.1, -0.05) is 6.92 Å². The van der Waals surface area contributed by atoms with Crippen LogP contribution in [0, 0.1) is 5.92 Å². The molecule has 1 aliphatic heterocycles. The summed E-state index contributed by atoms with van der Waals surface area (Å²) in [6, 6.07) is 0. The first-order valence-electron chi connectivity index (χ1n) is 3.10. The number of rotatable bonds is 3. The lowest BCUT2D eigenvalue weighted by Gasteiger charge is -2.02. The number of ether oxygens (including phenoxy) is 1. The van der Waals surface area contributed by atoms with Crippen LogP contribution in [-0.2, 0) is 9.53 Å². The quantitative estimate of drug-likeness (QED) is 0.566. The summed E-state index contributed by atoms with van der Waals surface area (Å²) < 4.78 is 4.84. The number of aliphatic carboxylic acids is 1. The summed E-state index contributed by atoms with van der Waals surface area (Å²) in [6.45, 7) is 2.49. The van der Waals surface area contributed by atoms with Crippen molar-refractivity contribution in [3.05, 3.63) is 0 Å². The van der Waals surface area contributed by atoms with Gasteiger partial charge in [0, 0.05) is 0 Å². The number of hydrogen-bond acceptors (Lipinski definition) is 2. The summed E-state index contributed by atoms with van der Waals surface area (Å²) in [6.07, 6.45) is 0.674. The summed E-state index contributed by atoms with van der Waals surface area (Å²) in [5, 5.41) is 8.50. The normalized spacial score (nSPS) is 27.4. The summed E-state index contributed by atoms with van der Waals surface area (Å²) in [5.74, 6) is -1.01. The van der Waals surface area contributed by atoms with Crippen molar-refractivity contribution in [3.63, 3.8) is 0 Å². The van der Waals surface area contributed by atoms with Gasteiger partial charge in [0.1, 0.15) is 0 Å². The highest BCUT2D eigenvalue weighted by atomic mass is 16.6. The summed E-state index contributed by atoms with van der Waals surface area (Å²) in [4.78, 5) is 10.3. The second-order valence-corrected chi connectivity index (χ2v) is 2.22. The Balaban J connectivity index is 2.37. The topological polar surface area (TPSA) is 49.8 Å². The van der Waals surface area contributed by atoms with Crippen LogP contribution in [0.2, 0.25) is 0 Å². The maximum atomic E-state index is 10.3. The first-order chi connectivity index (χ1) is 4.25. The molecular weight excluding hydrogens is 120 g/mol. The minimum atomic E-state index is -0.736. The Bertz CT molecular complexity index is 117. The lowest BCUT2D eigenvalue weighted by Crippen LogP contribution is -2.18. The van der Waals surface area contributed by atoms with Gasteiger partial charge in [0.05, 0.1) is 18.6 Å². The Hall–Kier alpha value is -0.570. The second kappa shape index (κ2) is 2.35. The monoisotopic (exact) mass is 130 g/mol. The molecule has 0 spiro atoms. The molecule has 0 aliphatic carbocycles. The molecule has 2 atom stereocenters. The van der Waals surface area contributed by atoms with Crippen molar-refractivity contribution in [2.45, 2.75) is 19.4 Å². The molecule has 52 valence electrons. The van der Waals surface area contributed by atoms with Gasteiger partial charge in [-0.25, -0.2) is 0 Å². The third-order valence-corrected chi connectivity index (χ3v) is 1.56. The molecule has 0 bridgehead atoms. The molecule has 1 fully saturated rings. The Morgan fingerprint density at radius 1 is 2.00 bits per heavy atom. The average Bonchev–Trinajstić information content (AvgIpc) is 2.50. The van der Waals surface area contributed by atoms with E-state index in [9.17, 15) is 4.79 Å². The molecule has 0 radical (unpaired) electrons. The molecule has 0 aromatic rings. The highest BCUT2D eigenvalue weighted by Crippen LogP contribution is 2.22. The third kappa shape index (κ3) is 1.42. The van der Waals surface area contributed by atoms with E-state index >= 15 is 0 Å². The highest BCUT2D eigenvalue weighted by molar-refractivity contribution is 5.71. The maximum absolute atomic E-state index is 10.3. The molecule has 9 heavy (non-hydrogen) atoms. The molecule has 0 saturated carbocycles. The lowest BCUT2D eigenvalue weighted by atomic mass is 10.0. The van der Waals surface area contributed by atoms with Crippen molar-refractivity contribution in [3.8, 4) is 0 Å². The van der Waals surface area contributed by atoms with Gasteiger partial charge in [-0.2, -0.15) is 0 Å². The number of carboxylic acid groups (broad SMARTS) is 1. The van der Waals surface area contributed by atoms with Gasteiger partial charge in [-0.3, -0.25) is 4.79 Å². The predicted molar refractivity (Wildman–Crippen MR) is 31.2 cm³/mol. The Labute approximate surface area is 53.6 Å². The third-order valence-electron chi connectivity index (χ3n) is 1.56. The first kappa shape index (κ1) is 6.55. The molecule has 0 aromatic heterocycles. The first-order valence-corrected chi connectivity index (χ1v) is 3.10. The molecule has 1 heterocycles. The van der Waals surface area contributed by atoms with E-state index < -0.39 is 5.97 Å². The zero-order valence-corrected chi connectivity index (χ0v) is 5.33. The summed E-state index contributed by atoms with van der Waals surface area (Å²) in [7, 11) is 0. The molecule has 3 nitrogen and oxygen atoms in total. The average molecular weight is 130 g/mol. The van der Waals surface area contributed by atoms with E-state index in [1.54, 1.807) is 0 Å². The van der Waals surface area contributed by atoms with Crippen molar-refractivity contribution in [1.29, 1.82) is 0 Å². The van der Waals surface area contributed by atoms with Crippen molar-refractivity contribution in [2.24, 2.45) is 5.92 Å². The van der Waals surface area contributed by atoms with Crippen LogP contribution in [0.15, 0.2) is 0 Å². The van der Waals surface area contributed by atoms with Crippen LogP contribution in [0.4, 0.5) is 0 Å². The Kier molecular flexibility index (Phi) is 1.71. The summed E-state index contributed by atoms with van der Waals surface area (Å²) >= 11 is 0. The van der Waals surface area contributed by atoms with Gasteiger partial charge in [0.25, 0.3) is 0 Å².